The number of halogens is 6. The number of esters is 1. The minimum absolute atomic E-state index is 0.0796. The van der Waals surface area contributed by atoms with Gasteiger partial charge >= 0.3 is 5.97 Å². The molecule has 1 rings (SSSR count). The predicted octanol–water partition coefficient (Wildman–Crippen LogP) is 3.10. The van der Waals surface area contributed by atoms with Crippen LogP contribution in [0.2, 0.25) is 0 Å². The normalized spacial score (nSPS) is 11.5. The summed E-state index contributed by atoms with van der Waals surface area (Å²) in [6, 6.07) is 0. The molecule has 13 nitrogen and oxygen atoms in total. The van der Waals surface area contributed by atoms with Crippen LogP contribution in [0.25, 0.3) is 0 Å². The summed E-state index contributed by atoms with van der Waals surface area (Å²) in [7, 11) is 0. The zero-order valence-electron chi connectivity index (χ0n) is 28.0. The van der Waals surface area contributed by atoms with Gasteiger partial charge in [0.1, 0.15) is 0 Å². The Hall–Kier alpha value is -1.81. The molecule has 50 heavy (non-hydrogen) atoms. The van der Waals surface area contributed by atoms with Crippen LogP contribution >= 0.6 is 11.6 Å². The van der Waals surface area contributed by atoms with E-state index in [1.165, 1.54) is 0 Å². The van der Waals surface area contributed by atoms with Crippen molar-refractivity contribution < 1.29 is 83.6 Å². The molecule has 0 bridgehead atoms. The van der Waals surface area contributed by atoms with Crippen molar-refractivity contribution in [3.05, 3.63) is 29.1 Å². The zero-order valence-corrected chi connectivity index (χ0v) is 28.8. The lowest BCUT2D eigenvalue weighted by molar-refractivity contribution is -0.136. The lowest BCUT2D eigenvalue weighted by Gasteiger charge is -2.09. The average molecular weight is 759 g/mol. The third-order valence-corrected chi connectivity index (χ3v) is 5.93. The van der Waals surface area contributed by atoms with Crippen LogP contribution in [-0.4, -0.2) is 157 Å². The minimum atomic E-state index is -2.35. The first-order chi connectivity index (χ1) is 24.4. The van der Waals surface area contributed by atoms with E-state index in [-0.39, 0.29) is 26.4 Å². The third kappa shape index (κ3) is 24.4. The molecule has 0 fully saturated rings. The van der Waals surface area contributed by atoms with E-state index >= 15 is 0 Å². The molecule has 0 unspecified atom stereocenters. The Balaban J connectivity index is 1.74. The molecular formula is C31H48ClF5O13. The van der Waals surface area contributed by atoms with Crippen molar-refractivity contribution >= 4 is 17.6 Å². The van der Waals surface area contributed by atoms with Gasteiger partial charge in [-0.2, -0.15) is 8.78 Å². The zero-order chi connectivity index (χ0) is 36.5. The molecule has 19 heteroatoms. The van der Waals surface area contributed by atoms with Crippen LogP contribution in [0.1, 0.15) is 6.42 Å². The molecule has 0 saturated carbocycles. The van der Waals surface area contributed by atoms with Crippen LogP contribution in [-0.2, 0) is 56.9 Å². The second kappa shape index (κ2) is 33.1. The smallest absolute Gasteiger partial charge is 0.313 e. The van der Waals surface area contributed by atoms with Crippen molar-refractivity contribution in [1.29, 1.82) is 0 Å². The molecule has 0 amide bonds. The summed E-state index contributed by atoms with van der Waals surface area (Å²) in [6.45, 7) is 8.37. The molecule has 0 aliphatic rings. The molecule has 0 radical (unpaired) electrons. The number of carbonyl (C=O) groups excluding carboxylic acids is 1. The predicted molar refractivity (Wildman–Crippen MR) is 166 cm³/mol. The van der Waals surface area contributed by atoms with Crippen LogP contribution in [0.4, 0.5) is 22.0 Å². The summed E-state index contributed by atoms with van der Waals surface area (Å²) in [4.78, 5) is 11.6. The molecule has 292 valence electrons. The molecule has 0 spiro atoms. The van der Waals surface area contributed by atoms with E-state index in [1.54, 1.807) is 0 Å². The number of hydrogen-bond donors (Lipinski definition) is 0. The Kier molecular flexibility index (Phi) is 30.5. The molecule has 1 aromatic carbocycles. The Morgan fingerprint density at radius 1 is 0.360 bits per heavy atom. The maximum Gasteiger partial charge on any atom is 0.313 e. The van der Waals surface area contributed by atoms with Crippen molar-refractivity contribution in [2.75, 3.05) is 151 Å². The van der Waals surface area contributed by atoms with Gasteiger partial charge in [0.2, 0.25) is 34.8 Å². The average Bonchev–Trinajstić information content (AvgIpc) is 3.11. The lowest BCUT2D eigenvalue weighted by Crippen LogP contribution is -2.16. The number of alkyl halides is 1. The van der Waals surface area contributed by atoms with Gasteiger partial charge in [0.05, 0.1) is 152 Å². The number of benzene rings is 1. The van der Waals surface area contributed by atoms with Gasteiger partial charge in [-0.15, -0.1) is 11.6 Å². The second-order valence-electron chi connectivity index (χ2n) is 9.55. The van der Waals surface area contributed by atoms with Crippen molar-refractivity contribution in [2.45, 2.75) is 6.42 Å². The van der Waals surface area contributed by atoms with Crippen molar-refractivity contribution in [3.63, 3.8) is 0 Å². The molecular weight excluding hydrogens is 711 g/mol. The van der Waals surface area contributed by atoms with Crippen molar-refractivity contribution in [1.82, 2.24) is 0 Å². The van der Waals surface area contributed by atoms with Gasteiger partial charge in [-0.1, -0.05) is 0 Å². The molecule has 1 aromatic rings. The highest BCUT2D eigenvalue weighted by Crippen LogP contribution is 2.29. The van der Waals surface area contributed by atoms with Crippen molar-refractivity contribution in [3.8, 4) is 5.75 Å². The van der Waals surface area contributed by atoms with Crippen LogP contribution in [0.3, 0.4) is 0 Å². The maximum atomic E-state index is 13.5. The van der Waals surface area contributed by atoms with E-state index in [2.05, 4.69) is 4.74 Å². The van der Waals surface area contributed by atoms with Crippen LogP contribution in [0.5, 0.6) is 5.75 Å². The van der Waals surface area contributed by atoms with Gasteiger partial charge in [0, 0.05) is 5.88 Å². The lowest BCUT2D eigenvalue weighted by atomic mass is 10.2. The standard InChI is InChI=1S/C31H48ClF5O13/c32-2-4-40-6-8-42-10-12-44-14-16-46-18-20-48-22-24-49-23-21-47-19-17-45-15-13-43-11-9-41-7-5-39-3-1-25(38)50-31-29(36)27(34)26(33)28(35)30(31)37/h1-24H2. The molecule has 0 N–H and O–H groups in total. The molecule has 0 heterocycles. The van der Waals surface area contributed by atoms with Gasteiger partial charge in [-0.3, -0.25) is 4.79 Å². The summed E-state index contributed by atoms with van der Waals surface area (Å²) in [5.41, 5.74) is 0. The fourth-order valence-corrected chi connectivity index (χ4v) is 3.46. The number of hydrogen-bond acceptors (Lipinski definition) is 13. The van der Waals surface area contributed by atoms with Gasteiger partial charge in [-0.05, 0) is 0 Å². The summed E-state index contributed by atoms with van der Waals surface area (Å²) >= 11 is 5.50. The minimum Gasteiger partial charge on any atom is -0.420 e. The van der Waals surface area contributed by atoms with E-state index in [1.807, 2.05) is 0 Å². The van der Waals surface area contributed by atoms with E-state index < -0.39 is 47.2 Å². The SMILES string of the molecule is O=C(CCOCCOCCOCCOCCOCCOCCOCCOCCOCCOCCOCCCl)Oc1c(F)c(F)c(F)c(F)c1F. The van der Waals surface area contributed by atoms with Crippen LogP contribution in [0.15, 0.2) is 0 Å². The fraction of sp³-hybridized carbons (Fsp3) is 0.774. The Bertz CT molecular complexity index is 958. The van der Waals surface area contributed by atoms with E-state index in [0.717, 1.165) is 0 Å². The third-order valence-electron chi connectivity index (χ3n) is 5.78. The highest BCUT2D eigenvalue weighted by molar-refractivity contribution is 6.17. The Morgan fingerprint density at radius 3 is 0.840 bits per heavy atom. The Morgan fingerprint density at radius 2 is 0.580 bits per heavy atom. The molecule has 0 aromatic heterocycles. The molecule has 0 saturated heterocycles. The topological polar surface area (TPSA) is 128 Å². The number of rotatable bonds is 36. The van der Waals surface area contributed by atoms with Crippen LogP contribution < -0.4 is 4.74 Å². The Labute approximate surface area is 293 Å². The van der Waals surface area contributed by atoms with Gasteiger partial charge in [-0.25, -0.2) is 13.2 Å². The second-order valence-corrected chi connectivity index (χ2v) is 9.93. The molecule has 0 atom stereocenters. The highest BCUT2D eigenvalue weighted by atomic mass is 35.5. The van der Waals surface area contributed by atoms with Crippen LogP contribution in [0, 0.1) is 29.1 Å². The van der Waals surface area contributed by atoms with Gasteiger partial charge in [0.25, 0.3) is 0 Å². The van der Waals surface area contributed by atoms with E-state index in [9.17, 15) is 26.7 Å². The first-order valence-corrected chi connectivity index (χ1v) is 16.6. The van der Waals surface area contributed by atoms with E-state index in [4.69, 9.17) is 63.7 Å². The molecule has 0 aliphatic heterocycles. The first kappa shape index (κ1) is 46.2. The van der Waals surface area contributed by atoms with Crippen molar-refractivity contribution in [2.24, 2.45) is 0 Å². The number of carbonyl (C=O) groups is 1. The first-order valence-electron chi connectivity index (χ1n) is 16.0. The molecule has 0 aliphatic carbocycles. The number of ether oxygens (including phenoxy) is 12. The quantitative estimate of drug-likeness (QED) is 0.0189. The largest absolute Gasteiger partial charge is 0.420 e. The highest BCUT2D eigenvalue weighted by Gasteiger charge is 2.28. The summed E-state index contributed by atoms with van der Waals surface area (Å²) in [5.74, 6) is -13.7. The maximum absolute atomic E-state index is 13.5. The summed E-state index contributed by atoms with van der Waals surface area (Å²) in [5, 5.41) is 0. The van der Waals surface area contributed by atoms with E-state index in [0.29, 0.717) is 125 Å². The van der Waals surface area contributed by atoms with Gasteiger partial charge in [0.15, 0.2) is 0 Å². The monoisotopic (exact) mass is 758 g/mol. The summed E-state index contributed by atoms with van der Waals surface area (Å²) in [6.07, 6.45) is -0.488. The summed E-state index contributed by atoms with van der Waals surface area (Å²) < 4.78 is 129. The van der Waals surface area contributed by atoms with Gasteiger partial charge < -0.3 is 56.8 Å². The fourth-order valence-electron chi connectivity index (χ4n) is 3.35.